The molecule has 2 heterocycles. The van der Waals surface area contributed by atoms with Gasteiger partial charge < -0.3 is 5.32 Å². The Morgan fingerprint density at radius 2 is 1.41 bits per heavy atom. The summed E-state index contributed by atoms with van der Waals surface area (Å²) >= 11 is 0. The van der Waals surface area contributed by atoms with Crippen molar-refractivity contribution in [3.63, 3.8) is 0 Å². The van der Waals surface area contributed by atoms with Crippen LogP contribution in [0.15, 0.2) is 79.1 Å². The molecule has 3 nitrogen and oxygen atoms in total. The number of aromatic nitrogens is 2. The average molecular weight is 360 g/mol. The molecule has 140 valence electrons. The summed E-state index contributed by atoms with van der Waals surface area (Å²) in [5.74, 6) is 0.258. The van der Waals surface area contributed by atoms with Crippen LogP contribution in [-0.4, -0.2) is 22.6 Å². The van der Waals surface area contributed by atoms with Gasteiger partial charge in [0.25, 0.3) is 0 Å². The lowest BCUT2D eigenvalue weighted by atomic mass is 9.94. The molecule has 0 saturated heterocycles. The molecule has 2 aromatic heterocycles. The fraction of sp³-hybridized carbons (Fsp3) is 0.333. The molecule has 0 spiro atoms. The van der Waals surface area contributed by atoms with Crippen LogP contribution in [-0.2, 0) is 6.42 Å². The SMILES string of the molecule is CC(CCc1ccccc1)NCCCC(c1ccccn1)c1ccccn1. The standard InChI is InChI=1S/C24H29N3/c1-20(15-16-21-10-3-2-4-11-21)25-19-9-12-22(23-13-5-7-17-26-23)24-14-6-8-18-27-24/h2-8,10-11,13-14,17-18,20,22,25H,9,12,15-16,19H2,1H3. The lowest BCUT2D eigenvalue weighted by molar-refractivity contribution is 0.491. The Bertz CT molecular complexity index is 720. The number of nitrogens with one attached hydrogen (secondary N) is 1. The van der Waals surface area contributed by atoms with E-state index in [1.165, 1.54) is 5.56 Å². The highest BCUT2D eigenvalue weighted by Crippen LogP contribution is 2.25. The average Bonchev–Trinajstić information content (AvgIpc) is 2.74. The second-order valence-electron chi connectivity index (χ2n) is 7.08. The summed E-state index contributed by atoms with van der Waals surface area (Å²) in [6.07, 6.45) is 8.18. The van der Waals surface area contributed by atoms with Gasteiger partial charge in [-0.3, -0.25) is 9.97 Å². The van der Waals surface area contributed by atoms with Crippen molar-refractivity contribution >= 4 is 0 Å². The third kappa shape index (κ3) is 6.30. The predicted molar refractivity (Wildman–Crippen MR) is 112 cm³/mol. The molecule has 1 N–H and O–H groups in total. The molecule has 0 saturated carbocycles. The minimum absolute atomic E-state index is 0.258. The van der Waals surface area contributed by atoms with Crippen LogP contribution in [0.5, 0.6) is 0 Å². The zero-order chi connectivity index (χ0) is 18.7. The lowest BCUT2D eigenvalue weighted by Crippen LogP contribution is -2.27. The van der Waals surface area contributed by atoms with Crippen LogP contribution in [0.25, 0.3) is 0 Å². The first-order valence-corrected chi connectivity index (χ1v) is 9.92. The molecule has 3 rings (SSSR count). The van der Waals surface area contributed by atoms with Gasteiger partial charge in [0, 0.05) is 35.7 Å². The first kappa shape index (κ1) is 19.2. The summed E-state index contributed by atoms with van der Waals surface area (Å²) < 4.78 is 0. The molecule has 1 aromatic carbocycles. The largest absolute Gasteiger partial charge is 0.314 e. The monoisotopic (exact) mass is 359 g/mol. The summed E-state index contributed by atoms with van der Waals surface area (Å²) in [6.45, 7) is 3.30. The highest BCUT2D eigenvalue weighted by molar-refractivity contribution is 5.22. The topological polar surface area (TPSA) is 37.8 Å². The van der Waals surface area contributed by atoms with Gasteiger partial charge in [-0.05, 0) is 69.0 Å². The first-order valence-electron chi connectivity index (χ1n) is 9.92. The number of hydrogen-bond donors (Lipinski definition) is 1. The summed E-state index contributed by atoms with van der Waals surface area (Å²) in [5, 5.41) is 3.67. The summed E-state index contributed by atoms with van der Waals surface area (Å²) in [5.41, 5.74) is 3.62. The van der Waals surface area contributed by atoms with Crippen molar-refractivity contribution in [1.82, 2.24) is 15.3 Å². The number of rotatable bonds is 10. The maximum absolute atomic E-state index is 4.57. The molecule has 0 aliphatic carbocycles. The Hall–Kier alpha value is -2.52. The molecule has 0 amide bonds. The molecule has 1 unspecified atom stereocenters. The zero-order valence-electron chi connectivity index (χ0n) is 16.1. The highest BCUT2D eigenvalue weighted by Gasteiger charge is 2.16. The van der Waals surface area contributed by atoms with Crippen molar-refractivity contribution in [2.75, 3.05) is 6.54 Å². The van der Waals surface area contributed by atoms with Gasteiger partial charge in [0.2, 0.25) is 0 Å². The minimum atomic E-state index is 0.258. The molecule has 0 radical (unpaired) electrons. The van der Waals surface area contributed by atoms with E-state index < -0.39 is 0 Å². The van der Waals surface area contributed by atoms with Crippen molar-refractivity contribution in [2.45, 2.75) is 44.6 Å². The third-order valence-electron chi connectivity index (χ3n) is 4.96. The Morgan fingerprint density at radius 1 is 0.778 bits per heavy atom. The number of aryl methyl sites for hydroxylation is 1. The Kier molecular flexibility index (Phi) is 7.55. The van der Waals surface area contributed by atoms with Crippen molar-refractivity contribution < 1.29 is 0 Å². The predicted octanol–water partition coefficient (Wildman–Crippen LogP) is 5.00. The van der Waals surface area contributed by atoms with E-state index in [0.717, 1.165) is 43.6 Å². The molecule has 0 aliphatic heterocycles. The lowest BCUT2D eigenvalue weighted by Gasteiger charge is -2.18. The molecular formula is C24H29N3. The van der Waals surface area contributed by atoms with E-state index in [2.05, 4.69) is 76.8 Å². The van der Waals surface area contributed by atoms with Crippen LogP contribution >= 0.6 is 0 Å². The Balaban J connectivity index is 1.46. The second-order valence-corrected chi connectivity index (χ2v) is 7.08. The molecule has 0 aliphatic rings. The van der Waals surface area contributed by atoms with Crippen LogP contribution in [0, 0.1) is 0 Å². The van der Waals surface area contributed by atoms with Gasteiger partial charge >= 0.3 is 0 Å². The van der Waals surface area contributed by atoms with Gasteiger partial charge in [-0.1, -0.05) is 42.5 Å². The van der Waals surface area contributed by atoms with Crippen molar-refractivity contribution in [3.8, 4) is 0 Å². The maximum atomic E-state index is 4.57. The van der Waals surface area contributed by atoms with E-state index in [1.807, 2.05) is 24.5 Å². The number of hydrogen-bond acceptors (Lipinski definition) is 3. The van der Waals surface area contributed by atoms with Crippen LogP contribution in [0.2, 0.25) is 0 Å². The van der Waals surface area contributed by atoms with E-state index in [1.54, 1.807) is 0 Å². The van der Waals surface area contributed by atoms with Crippen LogP contribution in [0.3, 0.4) is 0 Å². The van der Waals surface area contributed by atoms with Crippen molar-refractivity contribution in [3.05, 3.63) is 96.1 Å². The van der Waals surface area contributed by atoms with E-state index in [9.17, 15) is 0 Å². The molecule has 0 bridgehead atoms. The van der Waals surface area contributed by atoms with Crippen LogP contribution in [0.1, 0.15) is 49.1 Å². The van der Waals surface area contributed by atoms with E-state index in [4.69, 9.17) is 0 Å². The Morgan fingerprint density at radius 3 is 2.00 bits per heavy atom. The molecule has 27 heavy (non-hydrogen) atoms. The summed E-state index contributed by atoms with van der Waals surface area (Å²) in [7, 11) is 0. The fourth-order valence-corrected chi connectivity index (χ4v) is 3.40. The summed E-state index contributed by atoms with van der Waals surface area (Å²) in [4.78, 5) is 9.14. The van der Waals surface area contributed by atoms with Gasteiger partial charge in [0.05, 0.1) is 0 Å². The van der Waals surface area contributed by atoms with Crippen LogP contribution in [0.4, 0.5) is 0 Å². The molecule has 1 atom stereocenters. The molecule has 3 heteroatoms. The maximum Gasteiger partial charge on any atom is 0.0494 e. The quantitative estimate of drug-likeness (QED) is 0.518. The van der Waals surface area contributed by atoms with Gasteiger partial charge in [-0.15, -0.1) is 0 Å². The highest BCUT2D eigenvalue weighted by atomic mass is 14.9. The Labute approximate surface area is 162 Å². The van der Waals surface area contributed by atoms with Gasteiger partial charge in [0.1, 0.15) is 0 Å². The van der Waals surface area contributed by atoms with Gasteiger partial charge in [-0.25, -0.2) is 0 Å². The zero-order valence-corrected chi connectivity index (χ0v) is 16.1. The van der Waals surface area contributed by atoms with E-state index in [-0.39, 0.29) is 5.92 Å². The molecule has 0 fully saturated rings. The van der Waals surface area contributed by atoms with Crippen molar-refractivity contribution in [1.29, 1.82) is 0 Å². The van der Waals surface area contributed by atoms with Crippen LogP contribution < -0.4 is 5.32 Å². The smallest absolute Gasteiger partial charge is 0.0494 e. The van der Waals surface area contributed by atoms with E-state index >= 15 is 0 Å². The number of nitrogens with zero attached hydrogens (tertiary/aromatic N) is 2. The minimum Gasteiger partial charge on any atom is -0.314 e. The molecule has 3 aromatic rings. The summed E-state index contributed by atoms with van der Waals surface area (Å²) in [6, 6.07) is 23.5. The third-order valence-corrected chi connectivity index (χ3v) is 4.96. The normalized spacial score (nSPS) is 12.2. The molecular weight excluding hydrogens is 330 g/mol. The second kappa shape index (κ2) is 10.6. The number of benzene rings is 1. The van der Waals surface area contributed by atoms with Gasteiger partial charge in [-0.2, -0.15) is 0 Å². The van der Waals surface area contributed by atoms with Gasteiger partial charge in [0.15, 0.2) is 0 Å². The van der Waals surface area contributed by atoms with E-state index in [0.29, 0.717) is 6.04 Å². The fourth-order valence-electron chi connectivity index (χ4n) is 3.40. The van der Waals surface area contributed by atoms with Crippen molar-refractivity contribution in [2.24, 2.45) is 0 Å². The number of pyridine rings is 2. The first-order chi connectivity index (χ1) is 13.3.